The van der Waals surface area contributed by atoms with E-state index in [4.69, 9.17) is 0 Å². The van der Waals surface area contributed by atoms with Gasteiger partial charge in [0.15, 0.2) is 5.96 Å². The van der Waals surface area contributed by atoms with Crippen LogP contribution in [0.5, 0.6) is 0 Å². The Morgan fingerprint density at radius 2 is 1.89 bits per heavy atom. The molecule has 1 rings (SSSR count). The van der Waals surface area contributed by atoms with Crippen molar-refractivity contribution < 1.29 is 4.39 Å². The molecule has 0 saturated heterocycles. The Kier molecular flexibility index (Phi) is 7.25. The second-order valence-electron chi connectivity index (χ2n) is 3.73. The summed E-state index contributed by atoms with van der Waals surface area (Å²) in [6, 6.07) is 6.56. The van der Waals surface area contributed by atoms with Crippen molar-refractivity contribution >= 4 is 17.7 Å². The molecule has 0 aliphatic heterocycles. The van der Waals surface area contributed by atoms with Crippen LogP contribution in [0, 0.1) is 5.82 Å². The molecule has 2 N–H and O–H groups in total. The molecular weight excluding hydrogens is 249 g/mol. The zero-order valence-corrected chi connectivity index (χ0v) is 11.7. The molecule has 18 heavy (non-hydrogen) atoms. The van der Waals surface area contributed by atoms with Gasteiger partial charge in [-0.05, 0) is 30.7 Å². The van der Waals surface area contributed by atoms with Crippen LogP contribution in [0.3, 0.4) is 0 Å². The largest absolute Gasteiger partial charge is 0.356 e. The summed E-state index contributed by atoms with van der Waals surface area (Å²) in [6.07, 6.45) is 1.07. The maximum atomic E-state index is 12.7. The lowest BCUT2D eigenvalue weighted by atomic mass is 10.4. The summed E-state index contributed by atoms with van der Waals surface area (Å²) >= 11 is 1.69. The van der Waals surface area contributed by atoms with Crippen molar-refractivity contribution in [1.82, 2.24) is 10.6 Å². The van der Waals surface area contributed by atoms with Crippen molar-refractivity contribution in [3.05, 3.63) is 30.1 Å². The molecule has 100 valence electrons. The van der Waals surface area contributed by atoms with Gasteiger partial charge in [-0.15, -0.1) is 11.8 Å². The molecule has 0 bridgehead atoms. The van der Waals surface area contributed by atoms with E-state index in [-0.39, 0.29) is 5.82 Å². The fraction of sp³-hybridized carbons (Fsp3) is 0.462. The van der Waals surface area contributed by atoms with Gasteiger partial charge >= 0.3 is 0 Å². The number of halogens is 1. The number of benzene rings is 1. The van der Waals surface area contributed by atoms with E-state index in [1.54, 1.807) is 30.9 Å². The normalized spacial score (nSPS) is 11.4. The smallest absolute Gasteiger partial charge is 0.191 e. The predicted octanol–water partition coefficient (Wildman–Crippen LogP) is 2.49. The first-order valence-electron chi connectivity index (χ1n) is 6.09. The van der Waals surface area contributed by atoms with Gasteiger partial charge in [0.25, 0.3) is 0 Å². The highest BCUT2D eigenvalue weighted by molar-refractivity contribution is 7.99. The number of nitrogens with one attached hydrogen (secondary N) is 2. The fourth-order valence-electron chi connectivity index (χ4n) is 1.33. The Hall–Kier alpha value is -1.23. The molecule has 1 aromatic rings. The topological polar surface area (TPSA) is 36.4 Å². The molecule has 0 saturated carbocycles. The van der Waals surface area contributed by atoms with Gasteiger partial charge < -0.3 is 10.6 Å². The van der Waals surface area contributed by atoms with Crippen molar-refractivity contribution in [3.8, 4) is 0 Å². The van der Waals surface area contributed by atoms with Crippen molar-refractivity contribution in [2.24, 2.45) is 4.99 Å². The SMILES string of the molecule is CCCNC(=NC)NCCSc1ccc(F)cc1. The molecule has 0 radical (unpaired) electrons. The van der Waals surface area contributed by atoms with E-state index in [1.807, 2.05) is 0 Å². The third-order valence-electron chi connectivity index (χ3n) is 2.24. The molecular formula is C13H20FN3S. The zero-order chi connectivity index (χ0) is 13.2. The number of aliphatic imine (C=N–C) groups is 1. The lowest BCUT2D eigenvalue weighted by Gasteiger charge is -2.10. The number of hydrogen-bond acceptors (Lipinski definition) is 2. The second kappa shape index (κ2) is 8.80. The van der Waals surface area contributed by atoms with Gasteiger partial charge in [0.05, 0.1) is 0 Å². The van der Waals surface area contributed by atoms with Crippen LogP contribution in [0.15, 0.2) is 34.2 Å². The highest BCUT2D eigenvalue weighted by atomic mass is 32.2. The molecule has 5 heteroatoms. The Bertz CT molecular complexity index is 365. The van der Waals surface area contributed by atoms with E-state index < -0.39 is 0 Å². The predicted molar refractivity (Wildman–Crippen MR) is 76.8 cm³/mol. The summed E-state index contributed by atoms with van der Waals surface area (Å²) in [4.78, 5) is 5.20. The molecule has 1 aromatic carbocycles. The van der Waals surface area contributed by atoms with Gasteiger partial charge in [-0.2, -0.15) is 0 Å². The maximum absolute atomic E-state index is 12.7. The van der Waals surface area contributed by atoms with Crippen LogP contribution in [0.25, 0.3) is 0 Å². The van der Waals surface area contributed by atoms with Crippen molar-refractivity contribution in [1.29, 1.82) is 0 Å². The number of rotatable bonds is 6. The van der Waals surface area contributed by atoms with Gasteiger partial charge in [0, 0.05) is 30.8 Å². The van der Waals surface area contributed by atoms with Crippen LogP contribution in [0.1, 0.15) is 13.3 Å². The second-order valence-corrected chi connectivity index (χ2v) is 4.90. The molecule has 0 aromatic heterocycles. The number of hydrogen-bond donors (Lipinski definition) is 2. The maximum Gasteiger partial charge on any atom is 0.191 e. The molecule has 0 aliphatic carbocycles. The van der Waals surface area contributed by atoms with Crippen LogP contribution >= 0.6 is 11.8 Å². The molecule has 0 fully saturated rings. The quantitative estimate of drug-likeness (QED) is 0.360. The summed E-state index contributed by atoms with van der Waals surface area (Å²) in [5, 5.41) is 6.44. The summed E-state index contributed by atoms with van der Waals surface area (Å²) in [7, 11) is 1.76. The molecule has 0 spiro atoms. The van der Waals surface area contributed by atoms with Crippen LogP contribution in [0.4, 0.5) is 4.39 Å². The summed E-state index contributed by atoms with van der Waals surface area (Å²) in [5.41, 5.74) is 0. The van der Waals surface area contributed by atoms with Crippen molar-refractivity contribution in [2.75, 3.05) is 25.9 Å². The average molecular weight is 269 g/mol. The molecule has 0 atom stereocenters. The van der Waals surface area contributed by atoms with Crippen molar-refractivity contribution in [2.45, 2.75) is 18.2 Å². The van der Waals surface area contributed by atoms with E-state index in [0.29, 0.717) is 0 Å². The monoisotopic (exact) mass is 269 g/mol. The Labute approximate surface area is 112 Å². The Balaban J connectivity index is 2.19. The van der Waals surface area contributed by atoms with E-state index in [9.17, 15) is 4.39 Å². The standard InChI is InChI=1S/C13H20FN3S/c1-3-8-16-13(15-2)17-9-10-18-12-6-4-11(14)5-7-12/h4-7H,3,8-10H2,1-2H3,(H2,15,16,17). The molecule has 0 amide bonds. The van der Waals surface area contributed by atoms with Gasteiger partial charge in [-0.1, -0.05) is 6.92 Å². The first-order valence-corrected chi connectivity index (χ1v) is 7.07. The highest BCUT2D eigenvalue weighted by Crippen LogP contribution is 2.16. The first-order chi connectivity index (χ1) is 8.76. The van der Waals surface area contributed by atoms with Crippen molar-refractivity contribution in [3.63, 3.8) is 0 Å². The lowest BCUT2D eigenvalue weighted by Crippen LogP contribution is -2.38. The van der Waals surface area contributed by atoms with E-state index in [0.717, 1.165) is 36.1 Å². The minimum absolute atomic E-state index is 0.193. The van der Waals surface area contributed by atoms with Gasteiger partial charge in [-0.25, -0.2) is 4.39 Å². The lowest BCUT2D eigenvalue weighted by molar-refractivity contribution is 0.626. The van der Waals surface area contributed by atoms with Gasteiger partial charge in [0.1, 0.15) is 5.82 Å². The molecule has 0 aliphatic rings. The number of guanidine groups is 1. The average Bonchev–Trinajstić information content (AvgIpc) is 2.40. The summed E-state index contributed by atoms with van der Waals surface area (Å²) < 4.78 is 12.7. The van der Waals surface area contributed by atoms with E-state index in [1.165, 1.54) is 12.1 Å². The fourth-order valence-corrected chi connectivity index (χ4v) is 2.10. The van der Waals surface area contributed by atoms with Crippen LogP contribution in [-0.2, 0) is 0 Å². The van der Waals surface area contributed by atoms with Crippen LogP contribution in [0.2, 0.25) is 0 Å². The van der Waals surface area contributed by atoms with Gasteiger partial charge in [-0.3, -0.25) is 4.99 Å². The molecule has 0 heterocycles. The zero-order valence-electron chi connectivity index (χ0n) is 10.9. The first kappa shape index (κ1) is 14.8. The summed E-state index contributed by atoms with van der Waals surface area (Å²) in [6.45, 7) is 3.86. The Morgan fingerprint density at radius 3 is 2.50 bits per heavy atom. The summed E-state index contributed by atoms with van der Waals surface area (Å²) in [5.74, 6) is 1.55. The minimum atomic E-state index is -0.193. The van der Waals surface area contributed by atoms with Crippen LogP contribution in [-0.4, -0.2) is 31.8 Å². The van der Waals surface area contributed by atoms with E-state index >= 15 is 0 Å². The number of thioether (sulfide) groups is 1. The van der Waals surface area contributed by atoms with E-state index in [2.05, 4.69) is 22.5 Å². The molecule has 0 unspecified atom stereocenters. The van der Waals surface area contributed by atoms with Crippen LogP contribution < -0.4 is 10.6 Å². The number of nitrogens with zero attached hydrogens (tertiary/aromatic N) is 1. The Morgan fingerprint density at radius 1 is 1.22 bits per heavy atom. The van der Waals surface area contributed by atoms with Gasteiger partial charge in [0.2, 0.25) is 0 Å². The molecule has 3 nitrogen and oxygen atoms in total. The minimum Gasteiger partial charge on any atom is -0.356 e. The third kappa shape index (κ3) is 5.91. The third-order valence-corrected chi connectivity index (χ3v) is 3.26. The highest BCUT2D eigenvalue weighted by Gasteiger charge is 1.97.